The van der Waals surface area contributed by atoms with Crippen LogP contribution in [0.25, 0.3) is 10.6 Å². The fraction of sp³-hybridized carbons (Fsp3) is 0.286. The van der Waals surface area contributed by atoms with E-state index in [4.69, 9.17) is 16.7 Å². The number of carbonyl (C=O) groups excluding carboxylic acids is 1. The van der Waals surface area contributed by atoms with Gasteiger partial charge in [-0.25, -0.2) is 4.98 Å². The number of amides is 1. The smallest absolute Gasteiger partial charge is 0.226 e. The van der Waals surface area contributed by atoms with Crippen molar-refractivity contribution >= 4 is 28.8 Å². The van der Waals surface area contributed by atoms with E-state index >= 15 is 0 Å². The number of carbonyl (C=O) groups is 1. The van der Waals surface area contributed by atoms with E-state index < -0.39 is 0 Å². The van der Waals surface area contributed by atoms with Gasteiger partial charge in [-0.2, -0.15) is 0 Å². The Balaban J connectivity index is 2.06. The van der Waals surface area contributed by atoms with Gasteiger partial charge in [-0.05, 0) is 13.0 Å². The summed E-state index contributed by atoms with van der Waals surface area (Å²) in [5, 5.41) is 14.9. The topological polar surface area (TPSA) is 62.2 Å². The molecule has 1 aromatic heterocycles. The number of aliphatic hydroxyl groups excluding tert-OH is 1. The minimum Gasteiger partial charge on any atom is -0.394 e. The first-order valence-electron chi connectivity index (χ1n) is 6.19. The van der Waals surface area contributed by atoms with Crippen molar-refractivity contribution in [2.24, 2.45) is 0 Å². The van der Waals surface area contributed by atoms with Gasteiger partial charge in [0.1, 0.15) is 5.01 Å². The van der Waals surface area contributed by atoms with Gasteiger partial charge in [-0.15, -0.1) is 11.3 Å². The molecular weight excluding hydrogens is 296 g/mol. The van der Waals surface area contributed by atoms with Gasteiger partial charge in [0.2, 0.25) is 5.91 Å². The van der Waals surface area contributed by atoms with Crippen LogP contribution in [0.2, 0.25) is 5.02 Å². The van der Waals surface area contributed by atoms with Crippen LogP contribution in [0.4, 0.5) is 0 Å². The van der Waals surface area contributed by atoms with Crippen LogP contribution in [-0.2, 0) is 11.2 Å². The molecule has 1 unspecified atom stereocenters. The van der Waals surface area contributed by atoms with E-state index in [2.05, 4.69) is 10.3 Å². The van der Waals surface area contributed by atoms with Crippen molar-refractivity contribution in [2.75, 3.05) is 6.61 Å². The Labute approximate surface area is 126 Å². The highest BCUT2D eigenvalue weighted by Gasteiger charge is 2.12. The van der Waals surface area contributed by atoms with Gasteiger partial charge >= 0.3 is 0 Å². The van der Waals surface area contributed by atoms with Gasteiger partial charge in [0.05, 0.1) is 23.7 Å². The van der Waals surface area contributed by atoms with Crippen molar-refractivity contribution in [1.82, 2.24) is 10.3 Å². The lowest BCUT2D eigenvalue weighted by Gasteiger charge is -2.09. The maximum absolute atomic E-state index is 11.7. The number of halogens is 1. The molecule has 6 heteroatoms. The number of thiazole rings is 1. The summed E-state index contributed by atoms with van der Waals surface area (Å²) in [6.45, 7) is 1.67. The molecule has 1 amide bonds. The minimum absolute atomic E-state index is 0.0757. The normalized spacial score (nSPS) is 12.2. The van der Waals surface area contributed by atoms with E-state index in [1.807, 2.05) is 29.6 Å². The highest BCUT2D eigenvalue weighted by Crippen LogP contribution is 2.30. The molecule has 0 aliphatic carbocycles. The van der Waals surface area contributed by atoms with Crippen LogP contribution < -0.4 is 5.32 Å². The third-order valence-corrected chi connectivity index (χ3v) is 3.93. The van der Waals surface area contributed by atoms with E-state index in [0.29, 0.717) is 10.7 Å². The Bertz CT molecular complexity index is 600. The number of rotatable bonds is 5. The van der Waals surface area contributed by atoms with Gasteiger partial charge in [-0.3, -0.25) is 4.79 Å². The molecule has 0 aliphatic heterocycles. The molecule has 4 nitrogen and oxygen atoms in total. The van der Waals surface area contributed by atoms with E-state index in [-0.39, 0.29) is 25.0 Å². The molecule has 1 aromatic carbocycles. The number of benzene rings is 1. The predicted octanol–water partition coefficient (Wildman–Crippen LogP) is 2.50. The zero-order valence-electron chi connectivity index (χ0n) is 11.0. The summed E-state index contributed by atoms with van der Waals surface area (Å²) in [6, 6.07) is 7.23. The summed E-state index contributed by atoms with van der Waals surface area (Å²) >= 11 is 7.58. The Morgan fingerprint density at radius 2 is 2.25 bits per heavy atom. The zero-order valence-corrected chi connectivity index (χ0v) is 12.5. The summed E-state index contributed by atoms with van der Waals surface area (Å²) in [5.74, 6) is -0.150. The number of hydrogen-bond donors (Lipinski definition) is 2. The Hall–Kier alpha value is -1.43. The van der Waals surface area contributed by atoms with E-state index in [0.717, 1.165) is 10.6 Å². The summed E-state index contributed by atoms with van der Waals surface area (Å²) in [7, 11) is 0. The van der Waals surface area contributed by atoms with E-state index in [9.17, 15) is 4.79 Å². The average Bonchev–Trinajstić information content (AvgIpc) is 2.87. The molecular formula is C14H15ClN2O2S. The second-order valence-electron chi connectivity index (χ2n) is 4.45. The highest BCUT2D eigenvalue weighted by molar-refractivity contribution is 7.13. The first-order valence-corrected chi connectivity index (χ1v) is 7.45. The quantitative estimate of drug-likeness (QED) is 0.892. The van der Waals surface area contributed by atoms with Crippen molar-refractivity contribution in [3.63, 3.8) is 0 Å². The summed E-state index contributed by atoms with van der Waals surface area (Å²) in [5.41, 5.74) is 1.57. The molecule has 0 saturated carbocycles. The Morgan fingerprint density at radius 3 is 2.95 bits per heavy atom. The van der Waals surface area contributed by atoms with Crippen molar-refractivity contribution < 1.29 is 9.90 Å². The van der Waals surface area contributed by atoms with Crippen molar-refractivity contribution in [3.8, 4) is 10.6 Å². The molecule has 106 valence electrons. The third-order valence-electron chi connectivity index (χ3n) is 2.68. The third kappa shape index (κ3) is 3.79. The summed E-state index contributed by atoms with van der Waals surface area (Å²) in [4.78, 5) is 16.1. The zero-order chi connectivity index (χ0) is 14.5. The summed E-state index contributed by atoms with van der Waals surface area (Å²) in [6.07, 6.45) is 0.200. The second-order valence-corrected chi connectivity index (χ2v) is 5.72. The molecule has 2 rings (SSSR count). The summed E-state index contributed by atoms with van der Waals surface area (Å²) < 4.78 is 0. The van der Waals surface area contributed by atoms with Crippen LogP contribution in [0.5, 0.6) is 0 Å². The molecule has 2 N–H and O–H groups in total. The fourth-order valence-corrected chi connectivity index (χ4v) is 2.82. The second kappa shape index (κ2) is 6.83. The minimum atomic E-state index is -0.246. The lowest BCUT2D eigenvalue weighted by Crippen LogP contribution is -2.36. The van der Waals surface area contributed by atoms with Gasteiger partial charge < -0.3 is 10.4 Å². The average molecular weight is 311 g/mol. The number of hydrogen-bond acceptors (Lipinski definition) is 4. The van der Waals surface area contributed by atoms with Crippen molar-refractivity contribution in [3.05, 3.63) is 40.4 Å². The van der Waals surface area contributed by atoms with Crippen molar-refractivity contribution in [1.29, 1.82) is 0 Å². The van der Waals surface area contributed by atoms with Crippen LogP contribution in [0.15, 0.2) is 29.6 Å². The van der Waals surface area contributed by atoms with Crippen LogP contribution in [0, 0.1) is 0 Å². The molecule has 0 fully saturated rings. The molecule has 20 heavy (non-hydrogen) atoms. The number of nitrogens with one attached hydrogen (secondary N) is 1. The number of nitrogens with zero attached hydrogens (tertiary/aromatic N) is 1. The van der Waals surface area contributed by atoms with Gasteiger partial charge in [0.25, 0.3) is 0 Å². The van der Waals surface area contributed by atoms with E-state index in [1.54, 1.807) is 6.92 Å². The fourth-order valence-electron chi connectivity index (χ4n) is 1.68. The number of aromatic nitrogens is 1. The molecule has 2 aromatic rings. The van der Waals surface area contributed by atoms with Gasteiger partial charge in [-0.1, -0.05) is 29.8 Å². The highest BCUT2D eigenvalue weighted by atomic mass is 35.5. The largest absolute Gasteiger partial charge is 0.394 e. The first-order chi connectivity index (χ1) is 9.60. The lowest BCUT2D eigenvalue weighted by atomic mass is 10.2. The molecule has 0 saturated heterocycles. The maximum Gasteiger partial charge on any atom is 0.226 e. The molecule has 0 radical (unpaired) electrons. The van der Waals surface area contributed by atoms with Crippen LogP contribution in [0.1, 0.15) is 12.6 Å². The lowest BCUT2D eigenvalue weighted by molar-refractivity contribution is -0.121. The van der Waals surface area contributed by atoms with Gasteiger partial charge in [0.15, 0.2) is 0 Å². The predicted molar refractivity (Wildman–Crippen MR) is 81.0 cm³/mol. The Kier molecular flexibility index (Phi) is 5.11. The van der Waals surface area contributed by atoms with Crippen molar-refractivity contribution in [2.45, 2.75) is 19.4 Å². The van der Waals surface area contributed by atoms with Crippen LogP contribution in [0.3, 0.4) is 0 Å². The standard InChI is InChI=1S/C14H15ClN2O2S/c1-9(7-18)16-13(19)6-10-8-20-14(17-10)11-4-2-3-5-12(11)15/h2-5,8-9,18H,6-7H2,1H3,(H,16,19). The number of aliphatic hydroxyl groups is 1. The van der Waals surface area contributed by atoms with Gasteiger partial charge in [0, 0.05) is 17.0 Å². The molecule has 0 bridgehead atoms. The monoisotopic (exact) mass is 310 g/mol. The van der Waals surface area contributed by atoms with Crippen LogP contribution in [-0.4, -0.2) is 28.6 Å². The molecule has 0 spiro atoms. The molecule has 0 aliphatic rings. The Morgan fingerprint density at radius 1 is 1.50 bits per heavy atom. The molecule has 1 heterocycles. The molecule has 1 atom stereocenters. The van der Waals surface area contributed by atoms with E-state index in [1.165, 1.54) is 11.3 Å². The first kappa shape index (κ1) is 15.0. The van der Waals surface area contributed by atoms with Crippen LogP contribution >= 0.6 is 22.9 Å². The maximum atomic E-state index is 11.7. The SMILES string of the molecule is CC(CO)NC(=O)Cc1csc(-c2ccccc2Cl)n1.